The van der Waals surface area contributed by atoms with Crippen molar-refractivity contribution >= 4 is 0 Å². The van der Waals surface area contributed by atoms with Crippen molar-refractivity contribution in [1.29, 1.82) is 0 Å². The van der Waals surface area contributed by atoms with Gasteiger partial charge in [0.2, 0.25) is 0 Å². The molecular weight excluding hydrogens is 216 g/mol. The second-order valence-corrected chi connectivity index (χ2v) is 5.80. The minimum absolute atomic E-state index is 0.0706. The first kappa shape index (κ1) is 13.3. The van der Waals surface area contributed by atoms with Crippen molar-refractivity contribution in [2.75, 3.05) is 39.9 Å². The Morgan fingerprint density at radius 2 is 2.35 bits per heavy atom. The van der Waals surface area contributed by atoms with Crippen molar-refractivity contribution < 1.29 is 9.47 Å². The molecule has 2 rings (SSSR count). The van der Waals surface area contributed by atoms with E-state index in [1.165, 1.54) is 6.42 Å². The van der Waals surface area contributed by atoms with E-state index in [4.69, 9.17) is 15.2 Å². The van der Waals surface area contributed by atoms with Gasteiger partial charge in [0.05, 0.1) is 24.9 Å². The number of morpholine rings is 1. The van der Waals surface area contributed by atoms with Gasteiger partial charge in [-0.1, -0.05) is 6.92 Å². The van der Waals surface area contributed by atoms with Gasteiger partial charge in [-0.05, 0) is 32.2 Å². The molecule has 4 nitrogen and oxygen atoms in total. The fourth-order valence-corrected chi connectivity index (χ4v) is 2.96. The molecule has 2 fully saturated rings. The van der Waals surface area contributed by atoms with Crippen LogP contribution < -0.4 is 5.73 Å². The van der Waals surface area contributed by atoms with Gasteiger partial charge in [0.15, 0.2) is 0 Å². The number of nitrogens with two attached hydrogens (primary N) is 1. The highest BCUT2D eigenvalue weighted by atomic mass is 16.5. The number of rotatable bonds is 4. The van der Waals surface area contributed by atoms with Crippen molar-refractivity contribution in [2.24, 2.45) is 11.7 Å². The topological polar surface area (TPSA) is 47.7 Å². The minimum atomic E-state index is -0.0706. The normalized spacial score (nSPS) is 39.7. The molecule has 3 unspecified atom stereocenters. The van der Waals surface area contributed by atoms with Gasteiger partial charge in [-0.3, -0.25) is 0 Å². The van der Waals surface area contributed by atoms with Crippen LogP contribution in [0.25, 0.3) is 0 Å². The SMILES string of the molecule is CC1CCC(CN)(OCC2CN(C)CCO2)C1. The Morgan fingerprint density at radius 3 is 2.94 bits per heavy atom. The van der Waals surface area contributed by atoms with Crippen LogP contribution in [0.15, 0.2) is 0 Å². The van der Waals surface area contributed by atoms with E-state index in [1.54, 1.807) is 0 Å². The van der Waals surface area contributed by atoms with E-state index >= 15 is 0 Å². The van der Waals surface area contributed by atoms with Crippen LogP contribution in [0.5, 0.6) is 0 Å². The summed E-state index contributed by atoms with van der Waals surface area (Å²) in [6.07, 6.45) is 3.66. The maximum Gasteiger partial charge on any atom is 0.0935 e. The predicted octanol–water partition coefficient (Wildman–Crippen LogP) is 0.851. The van der Waals surface area contributed by atoms with Crippen molar-refractivity contribution in [3.05, 3.63) is 0 Å². The molecule has 3 atom stereocenters. The summed E-state index contributed by atoms with van der Waals surface area (Å²) in [6, 6.07) is 0. The molecule has 1 aliphatic heterocycles. The van der Waals surface area contributed by atoms with Crippen LogP contribution in [0, 0.1) is 5.92 Å². The summed E-state index contributed by atoms with van der Waals surface area (Å²) in [4.78, 5) is 2.30. The Labute approximate surface area is 104 Å². The van der Waals surface area contributed by atoms with Crippen LogP contribution in [0.3, 0.4) is 0 Å². The van der Waals surface area contributed by atoms with E-state index in [1.807, 2.05) is 0 Å². The lowest BCUT2D eigenvalue weighted by atomic mass is 10.0. The molecule has 0 bridgehead atoms. The zero-order chi connectivity index (χ0) is 12.3. The molecule has 0 aromatic heterocycles. The van der Waals surface area contributed by atoms with Gasteiger partial charge in [0.25, 0.3) is 0 Å². The molecule has 0 spiro atoms. The first-order valence-corrected chi connectivity index (χ1v) is 6.78. The van der Waals surface area contributed by atoms with Crippen LogP contribution in [0.1, 0.15) is 26.2 Å². The zero-order valence-corrected chi connectivity index (χ0v) is 11.2. The third-order valence-electron chi connectivity index (χ3n) is 4.10. The molecule has 0 radical (unpaired) electrons. The van der Waals surface area contributed by atoms with Crippen molar-refractivity contribution in [1.82, 2.24) is 4.90 Å². The number of nitrogens with zero attached hydrogens (tertiary/aromatic N) is 1. The molecule has 1 aliphatic carbocycles. The molecule has 0 aromatic rings. The van der Waals surface area contributed by atoms with Crippen LogP contribution in [-0.2, 0) is 9.47 Å². The molecule has 17 heavy (non-hydrogen) atoms. The van der Waals surface area contributed by atoms with Gasteiger partial charge in [-0.25, -0.2) is 0 Å². The zero-order valence-electron chi connectivity index (χ0n) is 11.2. The van der Waals surface area contributed by atoms with E-state index in [-0.39, 0.29) is 11.7 Å². The van der Waals surface area contributed by atoms with Gasteiger partial charge in [0.1, 0.15) is 0 Å². The molecule has 2 aliphatic rings. The fourth-order valence-electron chi connectivity index (χ4n) is 2.96. The average molecular weight is 242 g/mol. The molecule has 0 aromatic carbocycles. The van der Waals surface area contributed by atoms with E-state index in [2.05, 4.69) is 18.9 Å². The Bertz CT molecular complexity index is 250. The molecule has 0 amide bonds. The fraction of sp³-hybridized carbons (Fsp3) is 1.00. The monoisotopic (exact) mass is 242 g/mol. The standard InChI is InChI=1S/C13H26N2O2/c1-11-3-4-13(7-11,10-14)17-9-12-8-15(2)5-6-16-12/h11-12H,3-10,14H2,1-2H3. The molecule has 1 heterocycles. The Hall–Kier alpha value is -0.160. The van der Waals surface area contributed by atoms with Crippen LogP contribution in [0.4, 0.5) is 0 Å². The van der Waals surface area contributed by atoms with Crippen molar-refractivity contribution in [3.8, 4) is 0 Å². The third-order valence-corrected chi connectivity index (χ3v) is 4.10. The first-order chi connectivity index (χ1) is 8.13. The van der Waals surface area contributed by atoms with Gasteiger partial charge >= 0.3 is 0 Å². The Kier molecular flexibility index (Phi) is 4.42. The number of likely N-dealkylation sites (N-methyl/N-ethyl adjacent to an activating group) is 1. The van der Waals surface area contributed by atoms with Crippen LogP contribution >= 0.6 is 0 Å². The van der Waals surface area contributed by atoms with E-state index in [9.17, 15) is 0 Å². The second-order valence-electron chi connectivity index (χ2n) is 5.80. The highest BCUT2D eigenvalue weighted by molar-refractivity contribution is 4.91. The number of ether oxygens (including phenoxy) is 2. The lowest BCUT2D eigenvalue weighted by Gasteiger charge is -2.34. The lowest BCUT2D eigenvalue weighted by molar-refractivity contribution is -0.112. The summed E-state index contributed by atoms with van der Waals surface area (Å²) in [7, 11) is 2.13. The predicted molar refractivity (Wildman–Crippen MR) is 68.0 cm³/mol. The second kappa shape index (κ2) is 5.65. The summed E-state index contributed by atoms with van der Waals surface area (Å²) >= 11 is 0. The molecular formula is C13H26N2O2. The number of hydrogen-bond donors (Lipinski definition) is 1. The first-order valence-electron chi connectivity index (χ1n) is 6.78. The van der Waals surface area contributed by atoms with Gasteiger partial charge in [-0.2, -0.15) is 0 Å². The molecule has 1 saturated heterocycles. The lowest BCUT2D eigenvalue weighted by Crippen LogP contribution is -2.46. The third kappa shape index (κ3) is 3.41. The summed E-state index contributed by atoms with van der Waals surface area (Å²) in [5.74, 6) is 0.744. The number of hydrogen-bond acceptors (Lipinski definition) is 4. The summed E-state index contributed by atoms with van der Waals surface area (Å²) in [6.45, 7) is 6.42. The Balaban J connectivity index is 1.79. The van der Waals surface area contributed by atoms with Crippen molar-refractivity contribution in [2.45, 2.75) is 37.9 Å². The molecule has 100 valence electrons. The Morgan fingerprint density at radius 1 is 1.53 bits per heavy atom. The maximum atomic E-state index is 6.12. The van der Waals surface area contributed by atoms with Gasteiger partial charge < -0.3 is 20.1 Å². The van der Waals surface area contributed by atoms with Crippen LogP contribution in [-0.4, -0.2) is 56.5 Å². The van der Waals surface area contributed by atoms with E-state index in [0.29, 0.717) is 13.2 Å². The largest absolute Gasteiger partial charge is 0.373 e. The summed E-state index contributed by atoms with van der Waals surface area (Å²) < 4.78 is 11.8. The average Bonchev–Trinajstić information content (AvgIpc) is 2.70. The van der Waals surface area contributed by atoms with E-state index in [0.717, 1.165) is 38.5 Å². The quantitative estimate of drug-likeness (QED) is 0.794. The maximum absolute atomic E-state index is 6.12. The minimum Gasteiger partial charge on any atom is -0.373 e. The summed E-state index contributed by atoms with van der Waals surface area (Å²) in [5.41, 5.74) is 5.83. The van der Waals surface area contributed by atoms with Gasteiger partial charge in [0, 0.05) is 19.6 Å². The van der Waals surface area contributed by atoms with Crippen molar-refractivity contribution in [3.63, 3.8) is 0 Å². The molecule has 2 N–H and O–H groups in total. The molecule has 1 saturated carbocycles. The van der Waals surface area contributed by atoms with Gasteiger partial charge in [-0.15, -0.1) is 0 Å². The smallest absolute Gasteiger partial charge is 0.0935 e. The highest BCUT2D eigenvalue weighted by Gasteiger charge is 2.38. The van der Waals surface area contributed by atoms with Crippen LogP contribution in [0.2, 0.25) is 0 Å². The molecule has 4 heteroatoms. The van der Waals surface area contributed by atoms with E-state index < -0.39 is 0 Å². The highest BCUT2D eigenvalue weighted by Crippen LogP contribution is 2.36. The summed E-state index contributed by atoms with van der Waals surface area (Å²) in [5, 5.41) is 0.